The van der Waals surface area contributed by atoms with E-state index in [1.54, 1.807) is 6.92 Å². The Bertz CT molecular complexity index is 197. The minimum Gasteiger partial charge on any atom is -0.387 e. The van der Waals surface area contributed by atoms with Gasteiger partial charge in [-0.1, -0.05) is 20.8 Å². The molecule has 1 heterocycles. The van der Waals surface area contributed by atoms with Gasteiger partial charge < -0.3 is 14.9 Å². The predicted molar refractivity (Wildman–Crippen MR) is 55.1 cm³/mol. The van der Waals surface area contributed by atoms with Crippen LogP contribution in [0.25, 0.3) is 0 Å². The zero-order valence-corrected chi connectivity index (χ0v) is 9.58. The second kappa shape index (κ2) is 3.80. The van der Waals surface area contributed by atoms with Crippen LogP contribution < -0.4 is 0 Å². The maximum Gasteiger partial charge on any atom is 0.116 e. The summed E-state index contributed by atoms with van der Waals surface area (Å²) in [5.41, 5.74) is -1.56. The topological polar surface area (TPSA) is 53.0 Å². The van der Waals surface area contributed by atoms with E-state index in [0.717, 1.165) is 0 Å². The van der Waals surface area contributed by atoms with Gasteiger partial charge >= 0.3 is 0 Å². The molecule has 3 atom stereocenters. The predicted octanol–water partition coefficient (Wildman–Crippen LogP) is 1.47. The summed E-state index contributed by atoms with van der Waals surface area (Å²) in [7, 11) is 0. The van der Waals surface area contributed by atoms with Crippen LogP contribution in [-0.4, -0.2) is 33.6 Å². The Kier molecular flexibility index (Phi) is 3.24. The third-order valence-corrected chi connectivity index (χ3v) is 3.57. The van der Waals surface area contributed by atoms with Gasteiger partial charge in [-0.05, 0) is 26.2 Å². The first-order valence-corrected chi connectivity index (χ1v) is 5.51. The summed E-state index contributed by atoms with van der Waals surface area (Å²) in [5, 5.41) is 20.1. The maximum absolute atomic E-state index is 10.2. The van der Waals surface area contributed by atoms with E-state index in [9.17, 15) is 10.2 Å². The standard InChI is InChI=1S/C11H22O3/c1-5-10(4,12)8-9(14-8)11(13,6-2)7-3/h8-9,12-13H,5-7H2,1-4H3/t8-,9-,10?/m1/s1. The highest BCUT2D eigenvalue weighted by Gasteiger charge is 2.58. The molecule has 0 saturated carbocycles. The van der Waals surface area contributed by atoms with Crippen LogP contribution in [0.15, 0.2) is 0 Å². The van der Waals surface area contributed by atoms with Crippen molar-refractivity contribution in [1.82, 2.24) is 0 Å². The molecule has 1 aliphatic heterocycles. The van der Waals surface area contributed by atoms with E-state index in [2.05, 4.69) is 0 Å². The van der Waals surface area contributed by atoms with Gasteiger partial charge in [0.05, 0.1) is 11.2 Å². The van der Waals surface area contributed by atoms with E-state index in [-0.39, 0.29) is 12.2 Å². The van der Waals surface area contributed by atoms with E-state index in [0.29, 0.717) is 19.3 Å². The van der Waals surface area contributed by atoms with Gasteiger partial charge in [-0.2, -0.15) is 0 Å². The molecule has 1 aliphatic rings. The number of rotatable bonds is 5. The molecule has 84 valence electrons. The summed E-state index contributed by atoms with van der Waals surface area (Å²) in [6.07, 6.45) is 1.61. The first-order valence-electron chi connectivity index (χ1n) is 5.51. The zero-order chi connectivity index (χ0) is 11.0. The van der Waals surface area contributed by atoms with Crippen molar-refractivity contribution < 1.29 is 14.9 Å². The van der Waals surface area contributed by atoms with Crippen molar-refractivity contribution in [3.63, 3.8) is 0 Å². The quantitative estimate of drug-likeness (QED) is 0.664. The number of hydrogen-bond donors (Lipinski definition) is 2. The lowest BCUT2D eigenvalue weighted by Gasteiger charge is -2.25. The van der Waals surface area contributed by atoms with E-state index in [4.69, 9.17) is 4.74 Å². The minimum absolute atomic E-state index is 0.188. The van der Waals surface area contributed by atoms with Crippen LogP contribution in [-0.2, 0) is 4.74 Å². The number of hydrogen-bond acceptors (Lipinski definition) is 3. The Hall–Kier alpha value is -0.120. The molecule has 3 nitrogen and oxygen atoms in total. The molecule has 14 heavy (non-hydrogen) atoms. The molecule has 3 heteroatoms. The van der Waals surface area contributed by atoms with Crippen LogP contribution in [0.3, 0.4) is 0 Å². The Morgan fingerprint density at radius 1 is 1.00 bits per heavy atom. The average molecular weight is 202 g/mol. The molecular weight excluding hydrogens is 180 g/mol. The van der Waals surface area contributed by atoms with Crippen molar-refractivity contribution >= 4 is 0 Å². The van der Waals surface area contributed by atoms with E-state index >= 15 is 0 Å². The normalized spacial score (nSPS) is 31.3. The number of epoxide rings is 1. The highest BCUT2D eigenvalue weighted by Crippen LogP contribution is 2.43. The molecule has 1 rings (SSSR count). The van der Waals surface area contributed by atoms with Crippen molar-refractivity contribution in [3.8, 4) is 0 Å². The molecule has 0 bridgehead atoms. The Labute approximate surface area is 86.1 Å². The molecule has 0 aromatic carbocycles. The van der Waals surface area contributed by atoms with Crippen molar-refractivity contribution in [1.29, 1.82) is 0 Å². The highest BCUT2D eigenvalue weighted by molar-refractivity contribution is 5.07. The first-order chi connectivity index (χ1) is 6.41. The summed E-state index contributed by atoms with van der Waals surface area (Å²) in [6.45, 7) is 7.59. The van der Waals surface area contributed by atoms with Crippen molar-refractivity contribution in [3.05, 3.63) is 0 Å². The van der Waals surface area contributed by atoms with Crippen LogP contribution in [0, 0.1) is 0 Å². The minimum atomic E-state index is -0.803. The third-order valence-electron chi connectivity index (χ3n) is 3.57. The second-order valence-corrected chi connectivity index (χ2v) is 4.50. The molecule has 0 aliphatic carbocycles. The smallest absolute Gasteiger partial charge is 0.116 e. The van der Waals surface area contributed by atoms with E-state index < -0.39 is 11.2 Å². The van der Waals surface area contributed by atoms with Crippen LogP contribution in [0.2, 0.25) is 0 Å². The molecule has 1 saturated heterocycles. The Morgan fingerprint density at radius 2 is 1.50 bits per heavy atom. The summed E-state index contributed by atoms with van der Waals surface area (Å²) in [5.74, 6) is 0. The van der Waals surface area contributed by atoms with Gasteiger partial charge in [0.2, 0.25) is 0 Å². The lowest BCUT2D eigenvalue weighted by atomic mass is 9.86. The fraction of sp³-hybridized carbons (Fsp3) is 1.00. The fourth-order valence-electron chi connectivity index (χ4n) is 1.85. The Morgan fingerprint density at radius 3 is 1.86 bits per heavy atom. The Balaban J connectivity index is 2.61. The van der Waals surface area contributed by atoms with Gasteiger partial charge in [0.1, 0.15) is 12.2 Å². The van der Waals surface area contributed by atoms with Crippen LogP contribution in [0.5, 0.6) is 0 Å². The molecule has 0 aromatic heterocycles. The van der Waals surface area contributed by atoms with Gasteiger partial charge in [-0.25, -0.2) is 0 Å². The van der Waals surface area contributed by atoms with Gasteiger partial charge in [0, 0.05) is 0 Å². The van der Waals surface area contributed by atoms with E-state index in [1.165, 1.54) is 0 Å². The highest BCUT2D eigenvalue weighted by atomic mass is 16.6. The van der Waals surface area contributed by atoms with Crippen molar-refractivity contribution in [2.24, 2.45) is 0 Å². The SMILES string of the molecule is CCC(C)(O)[C@@H]1O[C@H]1C(O)(CC)CC. The second-order valence-electron chi connectivity index (χ2n) is 4.50. The third kappa shape index (κ3) is 1.95. The summed E-state index contributed by atoms with van der Waals surface area (Å²) in [4.78, 5) is 0. The van der Waals surface area contributed by atoms with Crippen LogP contribution >= 0.6 is 0 Å². The number of aliphatic hydroxyl groups is 2. The molecule has 0 spiro atoms. The largest absolute Gasteiger partial charge is 0.387 e. The molecule has 1 fully saturated rings. The molecule has 2 N–H and O–H groups in total. The van der Waals surface area contributed by atoms with Crippen LogP contribution in [0.1, 0.15) is 47.0 Å². The molecular formula is C11H22O3. The monoisotopic (exact) mass is 202 g/mol. The first kappa shape index (κ1) is 12.0. The maximum atomic E-state index is 10.2. The molecule has 1 unspecified atom stereocenters. The lowest BCUT2D eigenvalue weighted by Crippen LogP contribution is -2.40. The summed E-state index contributed by atoms with van der Waals surface area (Å²) >= 11 is 0. The van der Waals surface area contributed by atoms with Crippen LogP contribution in [0.4, 0.5) is 0 Å². The van der Waals surface area contributed by atoms with Gasteiger partial charge in [-0.3, -0.25) is 0 Å². The molecule has 0 radical (unpaired) electrons. The summed E-state index contributed by atoms with van der Waals surface area (Å²) < 4.78 is 5.42. The fourth-order valence-corrected chi connectivity index (χ4v) is 1.85. The van der Waals surface area contributed by atoms with Crippen molar-refractivity contribution in [2.45, 2.75) is 70.4 Å². The molecule has 0 amide bonds. The van der Waals surface area contributed by atoms with E-state index in [1.807, 2.05) is 20.8 Å². The van der Waals surface area contributed by atoms with Gasteiger partial charge in [0.15, 0.2) is 0 Å². The van der Waals surface area contributed by atoms with Gasteiger partial charge in [0.25, 0.3) is 0 Å². The molecule has 0 aromatic rings. The average Bonchev–Trinajstić information content (AvgIpc) is 2.97. The van der Waals surface area contributed by atoms with Crippen molar-refractivity contribution in [2.75, 3.05) is 0 Å². The summed E-state index contributed by atoms with van der Waals surface area (Å²) in [6, 6.07) is 0. The zero-order valence-electron chi connectivity index (χ0n) is 9.58. The number of ether oxygens (including phenoxy) is 1. The lowest BCUT2D eigenvalue weighted by molar-refractivity contribution is 0.00255. The van der Waals surface area contributed by atoms with Gasteiger partial charge in [-0.15, -0.1) is 0 Å².